The number of para-hydroxylation sites is 2. The molecule has 10 rings (SSSR count). The SMILES string of the molecule is Cc1cc(-c2cc(F)ccc2O[C@H](C)C[C@@H](C)Oc2ccc(F)cc2-c2cc(C(C)(C)CC(C)(C)C)cc(-n3c4ccc(C(C)(C)C)cc4c4cc(C(C)(C)C)ccc43)c2O)c(O)c(-n2c3ccccc3c3ccccc32)c1. The minimum absolute atomic E-state index is 0.00415. The summed E-state index contributed by atoms with van der Waals surface area (Å²) in [5.74, 6) is -0.130. The van der Waals surface area contributed by atoms with Crippen molar-refractivity contribution in [2.45, 2.75) is 138 Å². The summed E-state index contributed by atoms with van der Waals surface area (Å²) in [6.45, 7) is 30.4. The molecule has 0 aliphatic heterocycles. The van der Waals surface area contributed by atoms with Gasteiger partial charge in [0.2, 0.25) is 0 Å². The molecule has 0 aliphatic carbocycles. The maximum Gasteiger partial charge on any atom is 0.147 e. The lowest BCUT2D eigenvalue weighted by molar-refractivity contribution is 0.131. The van der Waals surface area contributed by atoms with Gasteiger partial charge in [0.25, 0.3) is 0 Å². The van der Waals surface area contributed by atoms with Crippen LogP contribution in [0, 0.1) is 24.0 Å². The smallest absolute Gasteiger partial charge is 0.147 e. The Morgan fingerprint density at radius 1 is 0.449 bits per heavy atom. The van der Waals surface area contributed by atoms with Crippen LogP contribution in [-0.4, -0.2) is 31.6 Å². The number of hydrogen-bond donors (Lipinski definition) is 2. The number of hydrogen-bond acceptors (Lipinski definition) is 4. The van der Waals surface area contributed by atoms with Crippen molar-refractivity contribution in [2.75, 3.05) is 0 Å². The zero-order valence-corrected chi connectivity index (χ0v) is 47.8. The van der Waals surface area contributed by atoms with Crippen molar-refractivity contribution in [1.29, 1.82) is 0 Å². The van der Waals surface area contributed by atoms with E-state index in [-0.39, 0.29) is 33.2 Å². The van der Waals surface area contributed by atoms with Crippen LogP contribution >= 0.6 is 0 Å². The first-order valence-electron chi connectivity index (χ1n) is 27.4. The Morgan fingerprint density at radius 2 is 0.872 bits per heavy atom. The van der Waals surface area contributed by atoms with E-state index in [1.165, 1.54) is 35.4 Å². The third-order valence-corrected chi connectivity index (χ3v) is 15.4. The van der Waals surface area contributed by atoms with Gasteiger partial charge in [-0.15, -0.1) is 0 Å². The molecular weight excluding hydrogens is 971 g/mol. The second-order valence-electron chi connectivity index (χ2n) is 25.7. The molecule has 2 aromatic heterocycles. The van der Waals surface area contributed by atoms with Gasteiger partial charge in [-0.25, -0.2) is 8.78 Å². The summed E-state index contributed by atoms with van der Waals surface area (Å²) in [7, 11) is 0. The van der Waals surface area contributed by atoms with Gasteiger partial charge >= 0.3 is 0 Å². The highest BCUT2D eigenvalue weighted by Crippen LogP contribution is 2.49. The molecule has 8 heteroatoms. The summed E-state index contributed by atoms with van der Waals surface area (Å²) in [5.41, 5.74) is 10.4. The summed E-state index contributed by atoms with van der Waals surface area (Å²) in [6, 6.07) is 46.3. The fourth-order valence-corrected chi connectivity index (χ4v) is 12.0. The summed E-state index contributed by atoms with van der Waals surface area (Å²) in [5, 5.41) is 29.5. The third kappa shape index (κ3) is 10.2. The Hall–Kier alpha value is -7.58. The molecular formula is C70H74F2N2O4. The molecule has 0 radical (unpaired) electrons. The van der Waals surface area contributed by atoms with E-state index in [1.807, 2.05) is 75.4 Å². The Morgan fingerprint density at radius 3 is 1.32 bits per heavy atom. The number of phenolic OH excluding ortho intramolecular Hbond substituents is 2. The third-order valence-electron chi connectivity index (χ3n) is 15.4. The zero-order valence-electron chi connectivity index (χ0n) is 47.8. The van der Waals surface area contributed by atoms with Crippen LogP contribution in [0.3, 0.4) is 0 Å². The van der Waals surface area contributed by atoms with Crippen LogP contribution < -0.4 is 9.47 Å². The highest BCUT2D eigenvalue weighted by molar-refractivity contribution is 6.11. The summed E-state index contributed by atoms with van der Waals surface area (Å²) in [6.07, 6.45) is 0.274. The number of aromatic nitrogens is 2. The van der Waals surface area contributed by atoms with Crippen LogP contribution in [-0.2, 0) is 16.2 Å². The molecule has 0 spiro atoms. The number of benzene rings is 8. The van der Waals surface area contributed by atoms with Gasteiger partial charge < -0.3 is 28.8 Å². The molecule has 0 saturated carbocycles. The van der Waals surface area contributed by atoms with Crippen molar-refractivity contribution in [1.82, 2.24) is 9.13 Å². The molecule has 6 nitrogen and oxygen atoms in total. The number of nitrogens with zero attached hydrogens (tertiary/aromatic N) is 2. The summed E-state index contributed by atoms with van der Waals surface area (Å²) >= 11 is 0. The van der Waals surface area contributed by atoms with E-state index in [0.717, 1.165) is 61.2 Å². The van der Waals surface area contributed by atoms with Gasteiger partial charge in [-0.2, -0.15) is 0 Å². The zero-order chi connectivity index (χ0) is 56.0. The van der Waals surface area contributed by atoms with Gasteiger partial charge in [0.05, 0.1) is 45.6 Å². The second-order valence-corrected chi connectivity index (χ2v) is 25.7. The standard InChI is InChI=1S/C70H74F2N2O4/c1-41-31-55(65(75)61(32-41)73-57-21-17-15-19-49(57)50-20-16-18-22-58(50)73)53-38-47(71)25-29-63(53)77-42(2)33-43(3)78-64-30-26-48(72)39-54(64)56-36-46(70(13,14)40-67(4,5)6)37-62(66(56)76)74-59-27-23-44(68(7,8)9)34-51(59)52-35-45(69(10,11)12)24-28-60(52)74/h15-32,34-39,42-43,75-76H,33,40H2,1-14H3/t42-,43-/m1/s1. The predicted octanol–water partition coefficient (Wildman–Crippen LogP) is 19.1. The molecule has 0 amide bonds. The van der Waals surface area contributed by atoms with Crippen molar-refractivity contribution in [3.63, 3.8) is 0 Å². The molecule has 2 N–H and O–H groups in total. The Balaban J connectivity index is 1.03. The van der Waals surface area contributed by atoms with Gasteiger partial charge in [-0.1, -0.05) is 125 Å². The Bertz CT molecular complexity index is 3830. The van der Waals surface area contributed by atoms with Crippen LogP contribution in [0.1, 0.15) is 125 Å². The first-order valence-corrected chi connectivity index (χ1v) is 27.4. The van der Waals surface area contributed by atoms with Gasteiger partial charge in [0.1, 0.15) is 34.6 Å². The predicted molar refractivity (Wildman–Crippen MR) is 320 cm³/mol. The van der Waals surface area contributed by atoms with E-state index in [0.29, 0.717) is 51.5 Å². The van der Waals surface area contributed by atoms with E-state index in [2.05, 4.69) is 140 Å². The summed E-state index contributed by atoms with van der Waals surface area (Å²) in [4.78, 5) is 0. The molecule has 78 heavy (non-hydrogen) atoms. The molecule has 2 atom stereocenters. The quantitative estimate of drug-likeness (QED) is 0.128. The fourth-order valence-electron chi connectivity index (χ4n) is 12.0. The molecule has 10 aromatic rings. The van der Waals surface area contributed by atoms with Crippen LogP contribution in [0.5, 0.6) is 23.0 Å². The van der Waals surface area contributed by atoms with Crippen LogP contribution in [0.25, 0.3) is 77.2 Å². The average molecular weight is 1050 g/mol. The van der Waals surface area contributed by atoms with E-state index in [1.54, 1.807) is 12.1 Å². The largest absolute Gasteiger partial charge is 0.505 e. The monoisotopic (exact) mass is 1040 g/mol. The van der Waals surface area contributed by atoms with E-state index in [9.17, 15) is 10.2 Å². The van der Waals surface area contributed by atoms with Crippen LogP contribution in [0.2, 0.25) is 0 Å². The Labute approximate surface area is 458 Å². The molecule has 0 fully saturated rings. The average Bonchev–Trinajstić information content (AvgIpc) is 4.07. The lowest BCUT2D eigenvalue weighted by atomic mass is 9.71. The lowest BCUT2D eigenvalue weighted by Gasteiger charge is -2.34. The van der Waals surface area contributed by atoms with E-state index in [4.69, 9.17) is 9.47 Å². The maximum absolute atomic E-state index is 15.9. The van der Waals surface area contributed by atoms with Gasteiger partial charge in [-0.05, 0) is 168 Å². The number of ether oxygens (including phenoxy) is 2. The molecule has 2 heterocycles. The topological polar surface area (TPSA) is 68.8 Å². The number of aromatic hydroxyl groups is 2. The minimum Gasteiger partial charge on any atom is -0.505 e. The van der Waals surface area contributed by atoms with Crippen molar-refractivity contribution in [2.24, 2.45) is 5.41 Å². The van der Waals surface area contributed by atoms with Crippen LogP contribution in [0.15, 0.2) is 146 Å². The number of phenols is 2. The molecule has 402 valence electrons. The van der Waals surface area contributed by atoms with Crippen molar-refractivity contribution in [3.05, 3.63) is 179 Å². The van der Waals surface area contributed by atoms with Crippen molar-refractivity contribution >= 4 is 43.6 Å². The Kier molecular flexibility index (Phi) is 13.6. The second kappa shape index (κ2) is 19.7. The van der Waals surface area contributed by atoms with Crippen molar-refractivity contribution in [3.8, 4) is 56.6 Å². The fraction of sp³-hybridized carbons (Fsp3) is 0.314. The van der Waals surface area contributed by atoms with Crippen LogP contribution in [0.4, 0.5) is 8.78 Å². The normalized spacial score (nSPS) is 13.5. The van der Waals surface area contributed by atoms with E-state index < -0.39 is 23.8 Å². The molecule has 0 aliphatic rings. The highest BCUT2D eigenvalue weighted by atomic mass is 19.1. The number of aryl methyl sites for hydroxylation is 1. The first kappa shape index (κ1) is 53.8. The number of rotatable bonds is 12. The number of halogens is 2. The molecule has 0 bridgehead atoms. The lowest BCUT2D eigenvalue weighted by Crippen LogP contribution is -2.25. The highest BCUT2D eigenvalue weighted by Gasteiger charge is 2.32. The van der Waals surface area contributed by atoms with Gasteiger partial charge in [0, 0.05) is 50.2 Å². The minimum atomic E-state index is -0.476. The molecule has 8 aromatic carbocycles. The molecule has 0 saturated heterocycles. The van der Waals surface area contributed by atoms with Gasteiger partial charge in [-0.3, -0.25) is 0 Å². The first-order chi connectivity index (χ1) is 36.7. The molecule has 0 unspecified atom stereocenters. The maximum atomic E-state index is 15.9. The number of fused-ring (bicyclic) bond motifs is 6. The van der Waals surface area contributed by atoms with Gasteiger partial charge in [0.15, 0.2) is 0 Å². The van der Waals surface area contributed by atoms with E-state index >= 15 is 8.78 Å². The summed E-state index contributed by atoms with van der Waals surface area (Å²) < 4.78 is 49.0. The van der Waals surface area contributed by atoms with Crippen molar-refractivity contribution < 1.29 is 28.5 Å².